The summed E-state index contributed by atoms with van der Waals surface area (Å²) in [5, 5.41) is 0.0174. The maximum atomic E-state index is 10.4. The highest BCUT2D eigenvalue weighted by atomic mass is 32.1. The summed E-state index contributed by atoms with van der Waals surface area (Å²) < 4.78 is 0. The number of unbranched alkanes of at least 4 members (excludes halogenated alkanes) is 1. The summed E-state index contributed by atoms with van der Waals surface area (Å²) in [6.45, 7) is 4.39. The molecule has 0 atom stereocenters. The fraction of sp³-hybridized carbons (Fsp3) is 0.875. The molecule has 0 amide bonds. The van der Waals surface area contributed by atoms with E-state index in [2.05, 4.69) is 26.5 Å². The van der Waals surface area contributed by atoms with E-state index in [4.69, 9.17) is 0 Å². The van der Waals surface area contributed by atoms with E-state index in [9.17, 15) is 4.79 Å². The van der Waals surface area contributed by atoms with Gasteiger partial charge in [0, 0.05) is 6.42 Å². The molecule has 0 spiro atoms. The topological polar surface area (TPSA) is 17.1 Å². The van der Waals surface area contributed by atoms with Crippen molar-refractivity contribution < 1.29 is 4.79 Å². The molecule has 0 radical (unpaired) electrons. The minimum Gasteiger partial charge on any atom is -0.288 e. The first-order chi connectivity index (χ1) is 4.63. The van der Waals surface area contributed by atoms with E-state index in [-0.39, 0.29) is 5.12 Å². The first-order valence-corrected chi connectivity index (χ1v) is 4.29. The number of thiol groups is 1. The minimum atomic E-state index is 0.0174. The second kappa shape index (κ2) is 5.78. The summed E-state index contributed by atoms with van der Waals surface area (Å²) >= 11 is 3.68. The van der Waals surface area contributed by atoms with Crippen molar-refractivity contribution in [3.63, 3.8) is 0 Å². The van der Waals surface area contributed by atoms with Gasteiger partial charge in [0.05, 0.1) is 0 Å². The van der Waals surface area contributed by atoms with Gasteiger partial charge in [-0.3, -0.25) is 4.79 Å². The third-order valence-corrected chi connectivity index (χ3v) is 1.65. The second-order valence-electron chi connectivity index (χ2n) is 3.03. The third kappa shape index (κ3) is 8.02. The van der Waals surface area contributed by atoms with Crippen molar-refractivity contribution in [3.05, 3.63) is 0 Å². The van der Waals surface area contributed by atoms with E-state index in [1.54, 1.807) is 0 Å². The monoisotopic (exact) mass is 160 g/mol. The van der Waals surface area contributed by atoms with Crippen LogP contribution >= 0.6 is 12.6 Å². The van der Waals surface area contributed by atoms with Crippen LogP contribution in [0.3, 0.4) is 0 Å². The highest BCUT2D eigenvalue weighted by Gasteiger charge is 1.96. The van der Waals surface area contributed by atoms with Crippen molar-refractivity contribution in [1.82, 2.24) is 0 Å². The van der Waals surface area contributed by atoms with Crippen molar-refractivity contribution in [1.29, 1.82) is 0 Å². The SMILES string of the molecule is CC(C)CCCCC(=O)S. The average molecular weight is 160 g/mol. The molecule has 0 fully saturated rings. The summed E-state index contributed by atoms with van der Waals surface area (Å²) in [5.41, 5.74) is 0. The van der Waals surface area contributed by atoms with Crippen LogP contribution in [0, 0.1) is 5.92 Å². The number of hydrogen-bond donors (Lipinski definition) is 1. The molecule has 0 saturated carbocycles. The molecule has 2 heteroatoms. The summed E-state index contributed by atoms with van der Waals surface area (Å²) in [7, 11) is 0. The van der Waals surface area contributed by atoms with Crippen LogP contribution in [0.5, 0.6) is 0 Å². The van der Waals surface area contributed by atoms with Crippen molar-refractivity contribution in [3.8, 4) is 0 Å². The molecule has 0 heterocycles. The Morgan fingerprint density at radius 3 is 2.40 bits per heavy atom. The summed E-state index contributed by atoms with van der Waals surface area (Å²) in [6.07, 6.45) is 4.02. The molecule has 0 aromatic rings. The van der Waals surface area contributed by atoms with Crippen LogP contribution in [-0.4, -0.2) is 5.12 Å². The highest BCUT2D eigenvalue weighted by molar-refractivity contribution is 7.96. The number of hydrogen-bond acceptors (Lipinski definition) is 1. The van der Waals surface area contributed by atoms with Gasteiger partial charge in [-0.15, -0.1) is 12.6 Å². The van der Waals surface area contributed by atoms with Crippen molar-refractivity contribution in [2.45, 2.75) is 39.5 Å². The van der Waals surface area contributed by atoms with Gasteiger partial charge in [-0.1, -0.05) is 26.7 Å². The summed E-state index contributed by atoms with van der Waals surface area (Å²) in [6, 6.07) is 0. The molecule has 0 unspecified atom stereocenters. The lowest BCUT2D eigenvalue weighted by atomic mass is 10.1. The standard InChI is InChI=1S/C8H16OS/c1-7(2)5-3-4-6-8(9)10/h7H,3-6H2,1-2H3,(H,9,10). The lowest BCUT2D eigenvalue weighted by molar-refractivity contribution is -0.110. The largest absolute Gasteiger partial charge is 0.288 e. The molecule has 0 N–H and O–H groups in total. The van der Waals surface area contributed by atoms with Crippen LogP contribution in [-0.2, 0) is 4.79 Å². The van der Waals surface area contributed by atoms with Crippen LogP contribution < -0.4 is 0 Å². The maximum Gasteiger partial charge on any atom is 0.185 e. The fourth-order valence-electron chi connectivity index (χ4n) is 0.829. The van der Waals surface area contributed by atoms with Gasteiger partial charge >= 0.3 is 0 Å². The van der Waals surface area contributed by atoms with Gasteiger partial charge < -0.3 is 0 Å². The predicted octanol–water partition coefficient (Wildman–Crippen LogP) is 2.66. The Labute approximate surface area is 68.6 Å². The van der Waals surface area contributed by atoms with E-state index >= 15 is 0 Å². The molecule has 0 saturated heterocycles. The molecule has 0 aromatic carbocycles. The van der Waals surface area contributed by atoms with Gasteiger partial charge in [-0.2, -0.15) is 0 Å². The van der Waals surface area contributed by atoms with Gasteiger partial charge in [0.2, 0.25) is 0 Å². The Morgan fingerprint density at radius 1 is 1.40 bits per heavy atom. The molecule has 1 nitrogen and oxygen atoms in total. The molecular weight excluding hydrogens is 144 g/mol. The zero-order valence-electron chi connectivity index (χ0n) is 6.76. The molecule has 0 bridgehead atoms. The van der Waals surface area contributed by atoms with Crippen LogP contribution in [0.1, 0.15) is 39.5 Å². The molecule has 0 aliphatic heterocycles. The second-order valence-corrected chi connectivity index (χ2v) is 3.53. The van der Waals surface area contributed by atoms with Crippen LogP contribution in [0.2, 0.25) is 0 Å². The Bertz CT molecular complexity index is 99.4. The normalized spacial score (nSPS) is 10.4. The van der Waals surface area contributed by atoms with E-state index in [1.165, 1.54) is 6.42 Å². The van der Waals surface area contributed by atoms with Crippen molar-refractivity contribution in [2.75, 3.05) is 0 Å². The van der Waals surface area contributed by atoms with Gasteiger partial charge in [0.1, 0.15) is 0 Å². The third-order valence-electron chi connectivity index (χ3n) is 1.42. The first-order valence-electron chi connectivity index (χ1n) is 3.84. The van der Waals surface area contributed by atoms with Crippen molar-refractivity contribution in [2.24, 2.45) is 5.92 Å². The Kier molecular flexibility index (Phi) is 5.79. The Balaban J connectivity index is 2.98. The average Bonchev–Trinajstić information content (AvgIpc) is 1.79. The van der Waals surface area contributed by atoms with Gasteiger partial charge in [-0.05, 0) is 12.3 Å². The first kappa shape index (κ1) is 10.0. The molecule has 10 heavy (non-hydrogen) atoms. The zero-order chi connectivity index (χ0) is 7.98. The summed E-state index contributed by atoms with van der Waals surface area (Å²) in [5.74, 6) is 0.759. The van der Waals surface area contributed by atoms with Gasteiger partial charge in [0.25, 0.3) is 0 Å². The van der Waals surface area contributed by atoms with Crippen LogP contribution in [0.25, 0.3) is 0 Å². The van der Waals surface area contributed by atoms with Crippen molar-refractivity contribution >= 4 is 17.7 Å². The Hall–Kier alpha value is 0.0200. The number of rotatable bonds is 5. The van der Waals surface area contributed by atoms with E-state index < -0.39 is 0 Å². The van der Waals surface area contributed by atoms with Gasteiger partial charge in [0.15, 0.2) is 5.12 Å². The maximum absolute atomic E-state index is 10.4. The molecule has 0 aliphatic carbocycles. The van der Waals surface area contributed by atoms with E-state index in [1.807, 2.05) is 0 Å². The number of carbonyl (C=O) groups is 1. The molecule has 0 rings (SSSR count). The summed E-state index contributed by atoms with van der Waals surface area (Å²) in [4.78, 5) is 10.4. The van der Waals surface area contributed by atoms with Crippen LogP contribution in [0.15, 0.2) is 0 Å². The molecule has 60 valence electrons. The van der Waals surface area contributed by atoms with Gasteiger partial charge in [-0.25, -0.2) is 0 Å². The van der Waals surface area contributed by atoms with E-state index in [0.29, 0.717) is 6.42 Å². The van der Waals surface area contributed by atoms with E-state index in [0.717, 1.165) is 18.8 Å². The number of carbonyl (C=O) groups excluding carboxylic acids is 1. The molecule has 0 aromatic heterocycles. The predicted molar refractivity (Wildman–Crippen MR) is 47.3 cm³/mol. The quantitative estimate of drug-likeness (QED) is 0.483. The smallest absolute Gasteiger partial charge is 0.185 e. The molecular formula is C8H16OS. The lowest BCUT2D eigenvalue weighted by Gasteiger charge is -2.01. The highest BCUT2D eigenvalue weighted by Crippen LogP contribution is 2.08. The fourth-order valence-corrected chi connectivity index (χ4v) is 0.987. The Morgan fingerprint density at radius 2 is 2.00 bits per heavy atom. The molecule has 0 aliphatic rings. The zero-order valence-corrected chi connectivity index (χ0v) is 7.66. The van der Waals surface area contributed by atoms with Crippen LogP contribution in [0.4, 0.5) is 0 Å². The minimum absolute atomic E-state index is 0.0174. The lowest BCUT2D eigenvalue weighted by Crippen LogP contribution is -1.90.